The van der Waals surface area contributed by atoms with Crippen molar-refractivity contribution in [1.82, 2.24) is 0 Å². The summed E-state index contributed by atoms with van der Waals surface area (Å²) in [7, 11) is 0. The second kappa shape index (κ2) is 4.53. The van der Waals surface area contributed by atoms with Crippen molar-refractivity contribution in [3.8, 4) is 5.75 Å². The predicted molar refractivity (Wildman–Crippen MR) is 54.0 cm³/mol. The lowest BCUT2D eigenvalue weighted by atomic mass is 10.0. The Hall–Kier alpha value is -0.930. The van der Waals surface area contributed by atoms with Crippen LogP contribution in [0.2, 0.25) is 5.02 Å². The monoisotopic (exact) mass is 234 g/mol. The first-order valence-corrected chi connectivity index (χ1v) is 4.74. The van der Waals surface area contributed by atoms with E-state index in [4.69, 9.17) is 28.3 Å². The van der Waals surface area contributed by atoms with Gasteiger partial charge in [-0.15, -0.1) is 11.6 Å². The molecule has 0 fully saturated rings. The second-order valence-corrected chi connectivity index (χ2v) is 3.40. The maximum absolute atomic E-state index is 10.5. The fourth-order valence-corrected chi connectivity index (χ4v) is 1.69. The van der Waals surface area contributed by atoms with Crippen LogP contribution in [0.1, 0.15) is 11.1 Å². The van der Waals surface area contributed by atoms with E-state index in [1.165, 1.54) is 12.1 Å². The van der Waals surface area contributed by atoms with E-state index >= 15 is 0 Å². The zero-order valence-corrected chi connectivity index (χ0v) is 8.64. The van der Waals surface area contributed by atoms with Gasteiger partial charge in [0.15, 0.2) is 0 Å². The Morgan fingerprint density at radius 3 is 2.50 bits per heavy atom. The van der Waals surface area contributed by atoms with Crippen molar-refractivity contribution in [1.29, 1.82) is 0 Å². The Balaban J connectivity index is 3.22. The summed E-state index contributed by atoms with van der Waals surface area (Å²) in [6.07, 6.45) is -0.241. The van der Waals surface area contributed by atoms with E-state index in [1.54, 1.807) is 0 Å². The van der Waals surface area contributed by atoms with E-state index in [0.29, 0.717) is 16.1 Å². The fraction of sp³-hybridized carbons (Fsp3) is 0.222. The van der Waals surface area contributed by atoms with Gasteiger partial charge in [-0.25, -0.2) is 0 Å². The molecule has 0 radical (unpaired) electrons. The average molecular weight is 235 g/mol. The molecule has 0 amide bonds. The molecule has 14 heavy (non-hydrogen) atoms. The van der Waals surface area contributed by atoms with E-state index in [1.807, 2.05) is 0 Å². The largest absolute Gasteiger partial charge is 0.508 e. The molecule has 0 bridgehead atoms. The number of hydrogen-bond acceptors (Lipinski definition) is 2. The molecule has 0 aromatic heterocycles. The molecule has 0 atom stereocenters. The van der Waals surface area contributed by atoms with Gasteiger partial charge in [-0.3, -0.25) is 4.79 Å². The molecule has 1 aromatic carbocycles. The summed E-state index contributed by atoms with van der Waals surface area (Å²) in [6, 6.07) is 2.84. The third-order valence-electron chi connectivity index (χ3n) is 1.81. The number of phenols is 1. The number of hydrogen-bond donors (Lipinski definition) is 2. The first kappa shape index (κ1) is 11.1. The van der Waals surface area contributed by atoms with E-state index in [0.717, 1.165) is 0 Å². The van der Waals surface area contributed by atoms with Crippen LogP contribution in [0.3, 0.4) is 0 Å². The first-order chi connectivity index (χ1) is 6.56. The van der Waals surface area contributed by atoms with E-state index < -0.39 is 5.97 Å². The van der Waals surface area contributed by atoms with Crippen LogP contribution >= 0.6 is 23.2 Å². The number of halogens is 2. The summed E-state index contributed by atoms with van der Waals surface area (Å²) in [6.45, 7) is 0. The Bertz CT molecular complexity index is 363. The smallest absolute Gasteiger partial charge is 0.307 e. The molecular weight excluding hydrogens is 227 g/mol. The Kier molecular flexibility index (Phi) is 3.61. The number of aromatic hydroxyl groups is 1. The van der Waals surface area contributed by atoms with Crippen molar-refractivity contribution in [2.45, 2.75) is 12.3 Å². The highest BCUT2D eigenvalue weighted by Crippen LogP contribution is 2.29. The molecule has 0 unspecified atom stereocenters. The van der Waals surface area contributed by atoms with E-state index in [-0.39, 0.29) is 18.1 Å². The molecule has 5 heteroatoms. The molecule has 0 aliphatic heterocycles. The number of aliphatic carboxylic acids is 1. The van der Waals surface area contributed by atoms with Gasteiger partial charge in [0, 0.05) is 10.6 Å². The maximum Gasteiger partial charge on any atom is 0.307 e. The molecule has 1 aromatic rings. The standard InChI is InChI=1S/C9H8Cl2O3/c10-4-6-5(3-9(13)14)7(11)1-2-8(6)12/h1-2,12H,3-4H2,(H,13,14). The summed E-state index contributed by atoms with van der Waals surface area (Å²) >= 11 is 11.4. The summed E-state index contributed by atoms with van der Waals surface area (Å²) in [4.78, 5) is 10.5. The Morgan fingerprint density at radius 2 is 2.00 bits per heavy atom. The number of benzene rings is 1. The zero-order valence-electron chi connectivity index (χ0n) is 7.13. The zero-order chi connectivity index (χ0) is 10.7. The number of phenolic OH excluding ortho intramolecular Hbond substituents is 1. The molecule has 0 saturated heterocycles. The van der Waals surface area contributed by atoms with Gasteiger partial charge in [0.2, 0.25) is 0 Å². The minimum absolute atomic E-state index is 0.0272. The number of carbonyl (C=O) groups is 1. The third-order valence-corrected chi connectivity index (χ3v) is 2.43. The van der Waals surface area contributed by atoms with Gasteiger partial charge < -0.3 is 10.2 Å². The number of alkyl halides is 1. The highest BCUT2D eigenvalue weighted by atomic mass is 35.5. The SMILES string of the molecule is O=C(O)Cc1c(Cl)ccc(O)c1CCl. The van der Waals surface area contributed by atoms with Gasteiger partial charge in [0.1, 0.15) is 5.75 Å². The van der Waals surface area contributed by atoms with Crippen LogP contribution in [-0.4, -0.2) is 16.2 Å². The molecule has 3 nitrogen and oxygen atoms in total. The molecule has 2 N–H and O–H groups in total. The van der Waals surface area contributed by atoms with Crippen LogP contribution < -0.4 is 0 Å². The van der Waals surface area contributed by atoms with Crippen molar-refractivity contribution >= 4 is 29.2 Å². The van der Waals surface area contributed by atoms with Crippen molar-refractivity contribution in [2.24, 2.45) is 0 Å². The fourth-order valence-electron chi connectivity index (χ4n) is 1.14. The van der Waals surface area contributed by atoms with Crippen LogP contribution in [0, 0.1) is 0 Å². The van der Waals surface area contributed by atoms with E-state index in [9.17, 15) is 9.90 Å². The lowest BCUT2D eigenvalue weighted by Crippen LogP contribution is -2.04. The highest BCUT2D eigenvalue weighted by molar-refractivity contribution is 6.31. The molecule has 0 aliphatic carbocycles. The summed E-state index contributed by atoms with van der Waals surface area (Å²) in [5.74, 6) is -1.00. The molecule has 1 rings (SSSR count). The number of carboxylic acid groups (broad SMARTS) is 1. The molecule has 0 saturated carbocycles. The van der Waals surface area contributed by atoms with Gasteiger partial charge in [0.05, 0.1) is 12.3 Å². The van der Waals surface area contributed by atoms with Gasteiger partial charge >= 0.3 is 5.97 Å². The highest BCUT2D eigenvalue weighted by Gasteiger charge is 2.13. The van der Waals surface area contributed by atoms with Gasteiger partial charge in [-0.1, -0.05) is 11.6 Å². The normalized spacial score (nSPS) is 10.1. The Labute approximate surface area is 90.9 Å². The molecule has 0 aliphatic rings. The maximum atomic E-state index is 10.5. The van der Waals surface area contributed by atoms with Crippen LogP contribution in [0.5, 0.6) is 5.75 Å². The van der Waals surface area contributed by atoms with Crippen LogP contribution in [0.15, 0.2) is 12.1 Å². The molecular formula is C9H8Cl2O3. The van der Waals surface area contributed by atoms with Gasteiger partial charge in [0.25, 0.3) is 0 Å². The quantitative estimate of drug-likeness (QED) is 0.791. The number of rotatable bonds is 3. The summed E-state index contributed by atoms with van der Waals surface area (Å²) in [5, 5.41) is 18.3. The van der Waals surface area contributed by atoms with Crippen molar-refractivity contribution in [3.63, 3.8) is 0 Å². The van der Waals surface area contributed by atoms with Crippen LogP contribution in [0.25, 0.3) is 0 Å². The number of carboxylic acids is 1. The minimum Gasteiger partial charge on any atom is -0.508 e. The topological polar surface area (TPSA) is 57.5 Å². The molecule has 0 spiro atoms. The minimum atomic E-state index is -1.01. The van der Waals surface area contributed by atoms with Gasteiger partial charge in [-0.05, 0) is 17.7 Å². The lowest BCUT2D eigenvalue weighted by Gasteiger charge is -2.08. The van der Waals surface area contributed by atoms with Crippen LogP contribution in [-0.2, 0) is 17.1 Å². The van der Waals surface area contributed by atoms with Crippen molar-refractivity contribution in [2.75, 3.05) is 0 Å². The first-order valence-electron chi connectivity index (χ1n) is 3.83. The van der Waals surface area contributed by atoms with Crippen LogP contribution in [0.4, 0.5) is 0 Å². The van der Waals surface area contributed by atoms with Crippen molar-refractivity contribution in [3.05, 3.63) is 28.3 Å². The Morgan fingerprint density at radius 1 is 1.36 bits per heavy atom. The second-order valence-electron chi connectivity index (χ2n) is 2.73. The summed E-state index contributed by atoms with van der Waals surface area (Å²) < 4.78 is 0. The third kappa shape index (κ3) is 2.30. The molecule has 0 heterocycles. The average Bonchev–Trinajstić information content (AvgIpc) is 2.11. The summed E-state index contributed by atoms with van der Waals surface area (Å²) in [5.41, 5.74) is 0.746. The molecule has 76 valence electrons. The predicted octanol–water partition coefficient (Wildman–Crippen LogP) is 2.41. The van der Waals surface area contributed by atoms with Gasteiger partial charge in [-0.2, -0.15) is 0 Å². The van der Waals surface area contributed by atoms with E-state index in [2.05, 4.69) is 0 Å². The van der Waals surface area contributed by atoms with Crippen molar-refractivity contribution < 1.29 is 15.0 Å². The lowest BCUT2D eigenvalue weighted by molar-refractivity contribution is -0.136.